The minimum absolute atomic E-state index is 0.476. The predicted octanol–water partition coefficient (Wildman–Crippen LogP) is 5.69. The zero-order chi connectivity index (χ0) is 14.8. The Balaban J connectivity index is 1.84. The molecule has 2 nitrogen and oxygen atoms in total. The van der Waals surface area contributed by atoms with Crippen molar-refractivity contribution < 1.29 is 4.74 Å². The smallest absolute Gasteiger partial charge is 0.146 e. The van der Waals surface area contributed by atoms with E-state index in [0.717, 1.165) is 5.56 Å². The minimum Gasteiger partial charge on any atom is -0.455 e. The summed E-state index contributed by atoms with van der Waals surface area (Å²) >= 11 is 18.3. The summed E-state index contributed by atoms with van der Waals surface area (Å²) in [7, 11) is 0. The molecule has 1 N–H and O–H groups in total. The summed E-state index contributed by atoms with van der Waals surface area (Å²) in [6.45, 7) is 0.685. The van der Waals surface area contributed by atoms with Gasteiger partial charge in [-0.05, 0) is 43.2 Å². The van der Waals surface area contributed by atoms with Crippen LogP contribution < -0.4 is 10.1 Å². The molecule has 0 heterocycles. The van der Waals surface area contributed by atoms with E-state index in [9.17, 15) is 0 Å². The summed E-state index contributed by atoms with van der Waals surface area (Å²) in [5, 5.41) is 5.18. The molecule has 0 unspecified atom stereocenters. The zero-order valence-electron chi connectivity index (χ0n) is 11.2. The van der Waals surface area contributed by atoms with Gasteiger partial charge in [0.25, 0.3) is 0 Å². The number of halogens is 3. The fourth-order valence-corrected chi connectivity index (χ4v) is 2.70. The second kappa shape index (κ2) is 6.45. The Bertz CT molecular complexity index is 656. The lowest BCUT2D eigenvalue weighted by Gasteiger charge is -2.14. The molecule has 3 rings (SSSR count). The van der Waals surface area contributed by atoms with Crippen molar-refractivity contribution in [2.75, 3.05) is 0 Å². The Morgan fingerprint density at radius 3 is 2.52 bits per heavy atom. The summed E-state index contributed by atoms with van der Waals surface area (Å²) < 4.78 is 5.91. The predicted molar refractivity (Wildman–Crippen MR) is 87.8 cm³/mol. The number of benzene rings is 2. The first-order chi connectivity index (χ1) is 10.1. The van der Waals surface area contributed by atoms with Crippen LogP contribution in [0.5, 0.6) is 11.5 Å². The summed E-state index contributed by atoms with van der Waals surface area (Å²) in [5.74, 6) is 1.27. The van der Waals surface area contributed by atoms with Gasteiger partial charge in [0.1, 0.15) is 11.5 Å². The summed E-state index contributed by atoms with van der Waals surface area (Å²) in [6.07, 6.45) is 2.45. The van der Waals surface area contributed by atoms with Gasteiger partial charge in [0.05, 0.1) is 5.02 Å². The Labute approximate surface area is 139 Å². The largest absolute Gasteiger partial charge is 0.455 e. The molecule has 1 aliphatic carbocycles. The van der Waals surface area contributed by atoms with Gasteiger partial charge in [0, 0.05) is 28.2 Å². The van der Waals surface area contributed by atoms with Crippen LogP contribution >= 0.6 is 34.8 Å². The highest BCUT2D eigenvalue weighted by Gasteiger charge is 2.21. The highest BCUT2D eigenvalue weighted by molar-refractivity contribution is 6.35. The van der Waals surface area contributed by atoms with Gasteiger partial charge in [0.2, 0.25) is 0 Å². The Kier molecular flexibility index (Phi) is 4.60. The normalized spacial score (nSPS) is 14.2. The molecule has 21 heavy (non-hydrogen) atoms. The average molecular weight is 343 g/mol. The monoisotopic (exact) mass is 341 g/mol. The molecular formula is C16H14Cl3NO. The van der Waals surface area contributed by atoms with Gasteiger partial charge in [-0.2, -0.15) is 0 Å². The summed E-state index contributed by atoms with van der Waals surface area (Å²) in [6, 6.07) is 11.4. The molecule has 0 spiro atoms. The van der Waals surface area contributed by atoms with Gasteiger partial charge in [-0.15, -0.1) is 0 Å². The molecule has 0 saturated heterocycles. The molecule has 0 aliphatic heterocycles. The fraction of sp³-hybridized carbons (Fsp3) is 0.250. The van der Waals surface area contributed by atoms with Crippen LogP contribution in [0.4, 0.5) is 0 Å². The van der Waals surface area contributed by atoms with Crippen LogP contribution in [0.15, 0.2) is 36.4 Å². The van der Waals surface area contributed by atoms with Crippen molar-refractivity contribution in [1.29, 1.82) is 0 Å². The SMILES string of the molecule is Clc1ccc(Oc2cccc(Cl)c2CNC2CC2)c(Cl)c1. The molecule has 1 aliphatic rings. The third-order valence-electron chi connectivity index (χ3n) is 3.33. The maximum atomic E-state index is 6.29. The van der Waals surface area contributed by atoms with Crippen LogP contribution in [0.25, 0.3) is 0 Å². The average Bonchev–Trinajstić information content (AvgIpc) is 3.25. The van der Waals surface area contributed by atoms with Gasteiger partial charge in [-0.1, -0.05) is 40.9 Å². The van der Waals surface area contributed by atoms with E-state index >= 15 is 0 Å². The van der Waals surface area contributed by atoms with Crippen molar-refractivity contribution in [3.63, 3.8) is 0 Å². The second-order valence-electron chi connectivity index (χ2n) is 5.05. The second-order valence-corrected chi connectivity index (χ2v) is 6.30. The van der Waals surface area contributed by atoms with E-state index in [-0.39, 0.29) is 0 Å². The first-order valence-electron chi connectivity index (χ1n) is 6.77. The van der Waals surface area contributed by atoms with Gasteiger partial charge in [-0.3, -0.25) is 0 Å². The topological polar surface area (TPSA) is 21.3 Å². The summed E-state index contributed by atoms with van der Waals surface area (Å²) in [4.78, 5) is 0. The number of hydrogen-bond acceptors (Lipinski definition) is 2. The Morgan fingerprint density at radius 2 is 1.81 bits per heavy atom. The zero-order valence-corrected chi connectivity index (χ0v) is 13.5. The van der Waals surface area contributed by atoms with Gasteiger partial charge >= 0.3 is 0 Å². The van der Waals surface area contributed by atoms with E-state index in [0.29, 0.717) is 39.2 Å². The van der Waals surface area contributed by atoms with Gasteiger partial charge in [-0.25, -0.2) is 0 Å². The molecular weight excluding hydrogens is 329 g/mol. The molecule has 0 amide bonds. The van der Waals surface area contributed by atoms with Crippen molar-refractivity contribution in [3.05, 3.63) is 57.0 Å². The molecule has 1 fully saturated rings. The number of rotatable bonds is 5. The van der Waals surface area contributed by atoms with Crippen molar-refractivity contribution in [3.8, 4) is 11.5 Å². The first kappa shape index (κ1) is 15.0. The van der Waals surface area contributed by atoms with Crippen LogP contribution in [-0.4, -0.2) is 6.04 Å². The van der Waals surface area contributed by atoms with Crippen LogP contribution in [0.1, 0.15) is 18.4 Å². The molecule has 0 atom stereocenters. The molecule has 5 heteroatoms. The van der Waals surface area contributed by atoms with Crippen molar-refractivity contribution in [2.24, 2.45) is 0 Å². The van der Waals surface area contributed by atoms with Crippen LogP contribution in [0.3, 0.4) is 0 Å². The standard InChI is InChI=1S/C16H14Cl3NO/c17-10-4-7-16(14(19)8-10)21-15-3-1-2-13(18)12(15)9-20-11-5-6-11/h1-4,7-8,11,20H,5-6,9H2. The molecule has 0 aromatic heterocycles. The lowest BCUT2D eigenvalue weighted by atomic mass is 10.2. The van der Waals surface area contributed by atoms with Crippen molar-refractivity contribution in [2.45, 2.75) is 25.4 Å². The van der Waals surface area contributed by atoms with E-state index < -0.39 is 0 Å². The van der Waals surface area contributed by atoms with Crippen LogP contribution in [0.2, 0.25) is 15.1 Å². The van der Waals surface area contributed by atoms with Crippen molar-refractivity contribution in [1.82, 2.24) is 5.32 Å². The van der Waals surface area contributed by atoms with E-state index in [1.807, 2.05) is 18.2 Å². The molecule has 0 radical (unpaired) electrons. The summed E-state index contributed by atoms with van der Waals surface area (Å²) in [5.41, 5.74) is 0.942. The van der Waals surface area contributed by atoms with E-state index in [1.165, 1.54) is 12.8 Å². The van der Waals surface area contributed by atoms with E-state index in [4.69, 9.17) is 39.5 Å². The van der Waals surface area contributed by atoms with Crippen LogP contribution in [0, 0.1) is 0 Å². The van der Waals surface area contributed by atoms with E-state index in [1.54, 1.807) is 18.2 Å². The molecule has 2 aromatic carbocycles. The number of hydrogen-bond donors (Lipinski definition) is 1. The molecule has 2 aromatic rings. The number of nitrogens with one attached hydrogen (secondary N) is 1. The Hall–Kier alpha value is -0.930. The highest BCUT2D eigenvalue weighted by atomic mass is 35.5. The third kappa shape index (κ3) is 3.83. The van der Waals surface area contributed by atoms with Gasteiger partial charge in [0.15, 0.2) is 0 Å². The van der Waals surface area contributed by atoms with E-state index in [2.05, 4.69) is 5.32 Å². The maximum Gasteiger partial charge on any atom is 0.146 e. The molecule has 0 bridgehead atoms. The lowest BCUT2D eigenvalue weighted by Crippen LogP contribution is -2.16. The Morgan fingerprint density at radius 1 is 1.00 bits per heavy atom. The third-order valence-corrected chi connectivity index (χ3v) is 4.22. The molecule has 1 saturated carbocycles. The first-order valence-corrected chi connectivity index (χ1v) is 7.90. The molecule has 110 valence electrons. The van der Waals surface area contributed by atoms with Crippen LogP contribution in [-0.2, 0) is 6.54 Å². The maximum absolute atomic E-state index is 6.29. The fourth-order valence-electron chi connectivity index (χ4n) is 2.02. The lowest BCUT2D eigenvalue weighted by molar-refractivity contribution is 0.473. The quantitative estimate of drug-likeness (QED) is 0.753. The van der Waals surface area contributed by atoms with Gasteiger partial charge < -0.3 is 10.1 Å². The number of ether oxygens (including phenoxy) is 1. The highest BCUT2D eigenvalue weighted by Crippen LogP contribution is 2.35. The minimum atomic E-state index is 0.476. The van der Waals surface area contributed by atoms with Crippen molar-refractivity contribution >= 4 is 34.8 Å².